The Morgan fingerprint density at radius 1 is 1.13 bits per heavy atom. The summed E-state index contributed by atoms with van der Waals surface area (Å²) in [6, 6.07) is 2.52. The van der Waals surface area contributed by atoms with Gasteiger partial charge >= 0.3 is 6.18 Å². The molecule has 1 aliphatic carbocycles. The van der Waals surface area contributed by atoms with Gasteiger partial charge in [0.15, 0.2) is 11.4 Å². The molecule has 5 rings (SSSR count). The summed E-state index contributed by atoms with van der Waals surface area (Å²) in [5.74, 6) is -1.24. The number of carbonyl (C=O) groups is 2. The number of fused-ring (bicyclic) bond motifs is 2. The van der Waals surface area contributed by atoms with Crippen LogP contribution in [0, 0.1) is 18.7 Å². The lowest BCUT2D eigenvalue weighted by atomic mass is 9.81. The van der Waals surface area contributed by atoms with Crippen LogP contribution in [-0.4, -0.2) is 68.9 Å². The van der Waals surface area contributed by atoms with Crippen LogP contribution in [0.2, 0.25) is 0 Å². The second-order valence-electron chi connectivity index (χ2n) is 10.7. The first-order chi connectivity index (χ1) is 18.0. The number of piperidine rings is 1. The molecule has 3 aliphatic rings. The minimum Gasteiger partial charge on any atom is -0.369 e. The number of amides is 2. The molecule has 2 amide bonds. The molecular weight excluding hydrogens is 506 g/mol. The molecule has 1 unspecified atom stereocenters. The lowest BCUT2D eigenvalue weighted by molar-refractivity contribution is -0.280. The van der Waals surface area contributed by atoms with Crippen molar-refractivity contribution in [3.63, 3.8) is 0 Å². The summed E-state index contributed by atoms with van der Waals surface area (Å²) in [4.78, 5) is 32.1. The summed E-state index contributed by atoms with van der Waals surface area (Å²) in [5, 5.41) is 9.82. The number of aromatic amines is 1. The van der Waals surface area contributed by atoms with Crippen molar-refractivity contribution in [2.75, 3.05) is 7.11 Å². The number of H-pyrrole nitrogens is 1. The van der Waals surface area contributed by atoms with Gasteiger partial charge in [0.25, 0.3) is 5.91 Å². The van der Waals surface area contributed by atoms with Gasteiger partial charge < -0.3 is 15.0 Å². The highest BCUT2D eigenvalue weighted by Gasteiger charge is 2.56. The third kappa shape index (κ3) is 4.78. The van der Waals surface area contributed by atoms with Crippen molar-refractivity contribution < 1.29 is 31.9 Å². The molecular formula is C26H31F4N5O3. The monoisotopic (exact) mass is 537 g/mol. The van der Waals surface area contributed by atoms with E-state index in [0.29, 0.717) is 24.2 Å². The molecule has 4 heterocycles. The third-order valence-electron chi connectivity index (χ3n) is 8.46. The van der Waals surface area contributed by atoms with Gasteiger partial charge in [-0.1, -0.05) is 0 Å². The molecule has 2 saturated heterocycles. The molecule has 0 aromatic carbocycles. The summed E-state index contributed by atoms with van der Waals surface area (Å²) in [6.45, 7) is 1.74. The molecule has 3 atom stereocenters. The van der Waals surface area contributed by atoms with Crippen molar-refractivity contribution >= 4 is 11.8 Å². The van der Waals surface area contributed by atoms with E-state index in [2.05, 4.69) is 20.5 Å². The zero-order valence-corrected chi connectivity index (χ0v) is 21.3. The SMILES string of the molecule is COC1(C(F)(F)F)CCC(NC(=O)C2C[C@H]3CC[C@@H](C2)N3C(=O)c2cc(-c3cc(C)ncc3F)n[nH]2)CC1. The zero-order chi connectivity index (χ0) is 27.2. The fourth-order valence-corrected chi connectivity index (χ4v) is 6.32. The number of ether oxygens (including phenoxy) is 1. The van der Waals surface area contributed by atoms with E-state index in [0.717, 1.165) is 26.1 Å². The molecule has 3 fully saturated rings. The van der Waals surface area contributed by atoms with Crippen LogP contribution in [0.15, 0.2) is 18.3 Å². The molecule has 12 heteroatoms. The van der Waals surface area contributed by atoms with E-state index >= 15 is 0 Å². The number of rotatable bonds is 5. The number of aryl methyl sites for hydroxylation is 1. The molecule has 2 bridgehead atoms. The quantitative estimate of drug-likeness (QED) is 0.554. The summed E-state index contributed by atoms with van der Waals surface area (Å²) in [6.07, 6.45) is -0.794. The van der Waals surface area contributed by atoms with Crippen LogP contribution in [0.4, 0.5) is 17.6 Å². The van der Waals surface area contributed by atoms with Gasteiger partial charge in [-0.15, -0.1) is 0 Å². The molecule has 0 spiro atoms. The summed E-state index contributed by atoms with van der Waals surface area (Å²) in [7, 11) is 1.08. The number of pyridine rings is 1. The maximum absolute atomic E-state index is 14.2. The van der Waals surface area contributed by atoms with E-state index < -0.39 is 17.6 Å². The summed E-state index contributed by atoms with van der Waals surface area (Å²) < 4.78 is 59.4. The Bertz CT molecular complexity index is 1190. The average Bonchev–Trinajstić information content (AvgIpc) is 3.47. The number of hydrogen-bond donors (Lipinski definition) is 2. The Kier molecular flexibility index (Phi) is 6.95. The molecule has 2 aromatic rings. The van der Waals surface area contributed by atoms with Crippen LogP contribution in [0.3, 0.4) is 0 Å². The summed E-state index contributed by atoms with van der Waals surface area (Å²) >= 11 is 0. The number of carbonyl (C=O) groups excluding carboxylic acids is 2. The minimum atomic E-state index is -4.45. The average molecular weight is 538 g/mol. The number of aromatic nitrogens is 3. The first-order valence-electron chi connectivity index (χ1n) is 12.9. The van der Waals surface area contributed by atoms with E-state index in [4.69, 9.17) is 4.74 Å². The van der Waals surface area contributed by atoms with Gasteiger partial charge in [-0.05, 0) is 70.4 Å². The second kappa shape index (κ2) is 9.94. The van der Waals surface area contributed by atoms with E-state index in [9.17, 15) is 27.2 Å². The van der Waals surface area contributed by atoms with Crippen molar-refractivity contribution in [2.24, 2.45) is 5.92 Å². The van der Waals surface area contributed by atoms with Crippen LogP contribution in [0.5, 0.6) is 0 Å². The van der Waals surface area contributed by atoms with Gasteiger partial charge in [0, 0.05) is 42.4 Å². The normalized spacial score (nSPS) is 29.4. The lowest BCUT2D eigenvalue weighted by Crippen LogP contribution is -2.54. The second-order valence-corrected chi connectivity index (χ2v) is 10.7. The molecule has 0 radical (unpaired) electrons. The number of nitrogens with one attached hydrogen (secondary N) is 2. The van der Waals surface area contributed by atoms with Gasteiger partial charge in [-0.25, -0.2) is 4.39 Å². The number of nitrogens with zero attached hydrogens (tertiary/aromatic N) is 3. The van der Waals surface area contributed by atoms with E-state index in [1.165, 1.54) is 6.07 Å². The number of alkyl halides is 3. The van der Waals surface area contributed by atoms with Crippen molar-refractivity contribution in [1.29, 1.82) is 0 Å². The highest BCUT2D eigenvalue weighted by Crippen LogP contribution is 2.44. The maximum atomic E-state index is 14.2. The lowest BCUT2D eigenvalue weighted by Gasteiger charge is -2.41. The molecule has 8 nitrogen and oxygen atoms in total. The third-order valence-corrected chi connectivity index (χ3v) is 8.46. The predicted molar refractivity (Wildman–Crippen MR) is 128 cm³/mol. The van der Waals surface area contributed by atoms with E-state index in [1.54, 1.807) is 17.9 Å². The number of methoxy groups -OCH3 is 1. The summed E-state index contributed by atoms with van der Waals surface area (Å²) in [5.41, 5.74) is -0.696. The highest BCUT2D eigenvalue weighted by atomic mass is 19.4. The fourth-order valence-electron chi connectivity index (χ4n) is 6.32. The van der Waals surface area contributed by atoms with Crippen molar-refractivity contribution in [3.05, 3.63) is 35.5 Å². The van der Waals surface area contributed by atoms with Crippen LogP contribution in [-0.2, 0) is 9.53 Å². The van der Waals surface area contributed by atoms with Crippen LogP contribution in [0.25, 0.3) is 11.3 Å². The largest absolute Gasteiger partial charge is 0.417 e. The molecule has 2 N–H and O–H groups in total. The fraction of sp³-hybridized carbons (Fsp3) is 0.615. The number of halogens is 4. The first kappa shape index (κ1) is 26.6. The number of hydrogen-bond acceptors (Lipinski definition) is 5. The Balaban J connectivity index is 1.20. The Labute approximate surface area is 217 Å². The van der Waals surface area contributed by atoms with Gasteiger partial charge in [0.2, 0.25) is 5.91 Å². The Hall–Kier alpha value is -3.02. The Morgan fingerprint density at radius 3 is 2.39 bits per heavy atom. The maximum Gasteiger partial charge on any atom is 0.417 e. The molecule has 206 valence electrons. The molecule has 2 aromatic heterocycles. The van der Waals surface area contributed by atoms with Gasteiger partial charge in [0.1, 0.15) is 5.69 Å². The van der Waals surface area contributed by atoms with Gasteiger partial charge in [-0.2, -0.15) is 18.3 Å². The predicted octanol–water partition coefficient (Wildman–Crippen LogP) is 4.31. The Morgan fingerprint density at radius 2 is 1.79 bits per heavy atom. The van der Waals surface area contributed by atoms with Crippen molar-refractivity contribution in [1.82, 2.24) is 25.4 Å². The van der Waals surface area contributed by atoms with Gasteiger partial charge in [0.05, 0.1) is 11.9 Å². The smallest absolute Gasteiger partial charge is 0.369 e. The molecule has 38 heavy (non-hydrogen) atoms. The van der Waals surface area contributed by atoms with Gasteiger partial charge in [-0.3, -0.25) is 19.7 Å². The highest BCUT2D eigenvalue weighted by molar-refractivity contribution is 5.94. The topological polar surface area (TPSA) is 100 Å². The van der Waals surface area contributed by atoms with Crippen molar-refractivity contribution in [2.45, 2.75) is 88.2 Å². The molecule has 2 aliphatic heterocycles. The minimum absolute atomic E-state index is 0.124. The first-order valence-corrected chi connectivity index (χ1v) is 12.9. The van der Waals surface area contributed by atoms with Crippen LogP contribution in [0.1, 0.15) is 67.5 Å². The zero-order valence-electron chi connectivity index (χ0n) is 21.3. The van der Waals surface area contributed by atoms with E-state index in [1.807, 2.05) is 0 Å². The van der Waals surface area contributed by atoms with Crippen LogP contribution >= 0.6 is 0 Å². The van der Waals surface area contributed by atoms with Crippen LogP contribution < -0.4 is 5.32 Å². The van der Waals surface area contributed by atoms with Crippen molar-refractivity contribution in [3.8, 4) is 11.3 Å². The standard InChI is InChI=1S/C26H31F4N5O3/c1-14-9-19(20(27)13-31-14)21-12-22(34-33-21)24(37)35-17-3-4-18(35)11-15(10-17)23(36)32-16-5-7-25(38-2,8-6-16)26(28,29)30/h9,12-13,15-18H,3-8,10-11H2,1-2H3,(H,32,36)(H,33,34)/t15?,16?,17-,18+,25?. The molecule has 1 saturated carbocycles. The van der Waals surface area contributed by atoms with E-state index in [-0.39, 0.29) is 72.8 Å².